The summed E-state index contributed by atoms with van der Waals surface area (Å²) in [4.78, 5) is 14.3. The van der Waals surface area contributed by atoms with Gasteiger partial charge >= 0.3 is 0 Å². The maximum absolute atomic E-state index is 6.54. The van der Waals surface area contributed by atoms with Gasteiger partial charge in [-0.2, -0.15) is 0 Å². The smallest absolute Gasteiger partial charge is 0.164 e. The first-order chi connectivity index (χ1) is 15.6. The van der Waals surface area contributed by atoms with Crippen molar-refractivity contribution < 1.29 is 0 Å². The molecule has 1 aliphatic rings. The largest absolute Gasteiger partial charge is 0.316 e. The zero-order valence-corrected chi connectivity index (χ0v) is 19.6. The number of nitrogens with zero attached hydrogens (tertiary/aromatic N) is 4. The molecule has 32 heavy (non-hydrogen) atoms. The summed E-state index contributed by atoms with van der Waals surface area (Å²) in [7, 11) is 0. The second-order valence-electron chi connectivity index (χ2n) is 8.12. The van der Waals surface area contributed by atoms with Gasteiger partial charge in [-0.1, -0.05) is 53.0 Å². The van der Waals surface area contributed by atoms with E-state index in [4.69, 9.17) is 44.8 Å². The summed E-state index contributed by atoms with van der Waals surface area (Å²) in [6.07, 6.45) is 4.49. The summed E-state index contributed by atoms with van der Waals surface area (Å²) < 4.78 is 2.16. The number of aryl methyl sites for hydroxylation is 2. The Labute approximate surface area is 201 Å². The Kier molecular flexibility index (Phi) is 6.33. The second kappa shape index (κ2) is 9.36. The standard InChI is InChI=1S/C24H22Cl3N5/c25-17-7-4-15(5-8-17)6-9-21-29-13-20-23(31-21)32(14-16-10-11-28-12-16)24(30-20)22-18(26)2-1-3-19(22)27/h1-5,7-8,13,16,28H,6,9-12,14H2. The van der Waals surface area contributed by atoms with Crippen molar-refractivity contribution in [3.63, 3.8) is 0 Å². The molecule has 1 aliphatic heterocycles. The van der Waals surface area contributed by atoms with Crippen molar-refractivity contribution in [1.82, 2.24) is 24.8 Å². The van der Waals surface area contributed by atoms with Crippen LogP contribution in [0.3, 0.4) is 0 Å². The molecule has 5 nitrogen and oxygen atoms in total. The molecule has 1 atom stereocenters. The molecule has 5 rings (SSSR count). The third-order valence-electron chi connectivity index (χ3n) is 5.88. The number of benzene rings is 2. The van der Waals surface area contributed by atoms with E-state index in [0.29, 0.717) is 16.0 Å². The second-order valence-corrected chi connectivity index (χ2v) is 9.37. The fourth-order valence-corrected chi connectivity index (χ4v) is 4.88. The van der Waals surface area contributed by atoms with Crippen LogP contribution >= 0.6 is 34.8 Å². The highest BCUT2D eigenvalue weighted by Gasteiger charge is 2.23. The molecule has 1 unspecified atom stereocenters. The first-order valence-corrected chi connectivity index (χ1v) is 11.8. The number of hydrogen-bond donors (Lipinski definition) is 1. The van der Waals surface area contributed by atoms with Gasteiger partial charge in [0, 0.05) is 18.0 Å². The van der Waals surface area contributed by atoms with Crippen molar-refractivity contribution in [2.75, 3.05) is 13.1 Å². The van der Waals surface area contributed by atoms with Crippen LogP contribution in [0.5, 0.6) is 0 Å². The highest BCUT2D eigenvalue weighted by atomic mass is 35.5. The number of hydrogen-bond acceptors (Lipinski definition) is 4. The minimum absolute atomic E-state index is 0.500. The number of aromatic nitrogens is 4. The van der Waals surface area contributed by atoms with Crippen LogP contribution in [-0.2, 0) is 19.4 Å². The zero-order valence-electron chi connectivity index (χ0n) is 17.4. The highest BCUT2D eigenvalue weighted by Crippen LogP contribution is 2.36. The van der Waals surface area contributed by atoms with Crippen LogP contribution in [0.4, 0.5) is 0 Å². The van der Waals surface area contributed by atoms with Crippen LogP contribution in [0.15, 0.2) is 48.7 Å². The predicted molar refractivity (Wildman–Crippen MR) is 131 cm³/mol. The van der Waals surface area contributed by atoms with Crippen LogP contribution in [0.25, 0.3) is 22.6 Å². The van der Waals surface area contributed by atoms with E-state index in [1.54, 1.807) is 6.20 Å². The lowest BCUT2D eigenvalue weighted by atomic mass is 10.1. The molecule has 2 aromatic carbocycles. The van der Waals surface area contributed by atoms with Crippen LogP contribution in [0.1, 0.15) is 17.8 Å². The van der Waals surface area contributed by atoms with Crippen LogP contribution < -0.4 is 5.32 Å². The molecular weight excluding hydrogens is 465 g/mol. The maximum atomic E-state index is 6.54. The zero-order chi connectivity index (χ0) is 22.1. The minimum Gasteiger partial charge on any atom is -0.316 e. The summed E-state index contributed by atoms with van der Waals surface area (Å²) >= 11 is 19.1. The third-order valence-corrected chi connectivity index (χ3v) is 6.76. The molecule has 0 spiro atoms. The van der Waals surface area contributed by atoms with Gasteiger partial charge in [0.1, 0.15) is 17.2 Å². The Morgan fingerprint density at radius 1 is 0.969 bits per heavy atom. The summed E-state index contributed by atoms with van der Waals surface area (Å²) in [5, 5.41) is 5.34. The van der Waals surface area contributed by atoms with Gasteiger partial charge in [0.25, 0.3) is 0 Å². The third kappa shape index (κ3) is 4.48. The average Bonchev–Trinajstić information content (AvgIpc) is 3.42. The number of nitrogens with one attached hydrogen (secondary N) is 1. The number of fused-ring (bicyclic) bond motifs is 1. The van der Waals surface area contributed by atoms with E-state index in [2.05, 4.69) is 14.9 Å². The van der Waals surface area contributed by atoms with Gasteiger partial charge in [0.05, 0.1) is 21.8 Å². The van der Waals surface area contributed by atoms with Crippen LogP contribution in [0, 0.1) is 5.92 Å². The van der Waals surface area contributed by atoms with Gasteiger partial charge in [-0.15, -0.1) is 0 Å². The van der Waals surface area contributed by atoms with Gasteiger partial charge in [-0.3, -0.25) is 0 Å². The van der Waals surface area contributed by atoms with Crippen molar-refractivity contribution in [1.29, 1.82) is 0 Å². The Balaban J connectivity index is 1.54. The van der Waals surface area contributed by atoms with E-state index < -0.39 is 0 Å². The molecule has 0 bridgehead atoms. The van der Waals surface area contributed by atoms with Gasteiger partial charge in [0.2, 0.25) is 0 Å². The molecule has 1 N–H and O–H groups in total. The quantitative estimate of drug-likeness (QED) is 0.371. The lowest BCUT2D eigenvalue weighted by molar-refractivity contribution is 0.490. The first kappa shape index (κ1) is 21.7. The van der Waals surface area contributed by atoms with E-state index in [1.165, 1.54) is 5.56 Å². The normalized spacial score (nSPS) is 16.2. The van der Waals surface area contributed by atoms with E-state index in [-0.39, 0.29) is 0 Å². The van der Waals surface area contributed by atoms with Crippen molar-refractivity contribution in [3.8, 4) is 11.4 Å². The molecule has 8 heteroatoms. The SMILES string of the molecule is Clc1ccc(CCc2ncc3nc(-c4c(Cl)cccc4Cl)n(CC4CCNC4)c3n2)cc1. The van der Waals surface area contributed by atoms with Crippen LogP contribution in [-0.4, -0.2) is 32.6 Å². The molecule has 1 saturated heterocycles. The van der Waals surface area contributed by atoms with E-state index >= 15 is 0 Å². The average molecular weight is 487 g/mol. The van der Waals surface area contributed by atoms with E-state index in [9.17, 15) is 0 Å². The molecule has 164 valence electrons. The summed E-state index contributed by atoms with van der Waals surface area (Å²) in [5.41, 5.74) is 3.51. The first-order valence-electron chi connectivity index (χ1n) is 10.7. The topological polar surface area (TPSA) is 55.6 Å². The summed E-state index contributed by atoms with van der Waals surface area (Å²) in [6.45, 7) is 2.80. The molecular formula is C24H22Cl3N5. The van der Waals surface area contributed by atoms with Crippen molar-refractivity contribution in [3.05, 3.63) is 75.1 Å². The molecule has 0 saturated carbocycles. The minimum atomic E-state index is 0.500. The highest BCUT2D eigenvalue weighted by molar-refractivity contribution is 6.39. The molecule has 3 heterocycles. The Morgan fingerprint density at radius 3 is 2.47 bits per heavy atom. The molecule has 0 amide bonds. The molecule has 1 fully saturated rings. The van der Waals surface area contributed by atoms with E-state index in [0.717, 1.165) is 72.3 Å². The summed E-state index contributed by atoms with van der Waals surface area (Å²) in [5.74, 6) is 2.03. The fourth-order valence-electron chi connectivity index (χ4n) is 4.19. The molecule has 0 radical (unpaired) electrons. The van der Waals surface area contributed by atoms with Crippen molar-refractivity contribution in [2.24, 2.45) is 5.92 Å². The number of imidazole rings is 1. The van der Waals surface area contributed by atoms with Crippen LogP contribution in [0.2, 0.25) is 15.1 Å². The fraction of sp³-hybridized carbons (Fsp3) is 0.292. The van der Waals surface area contributed by atoms with Gasteiger partial charge in [-0.25, -0.2) is 15.0 Å². The molecule has 2 aromatic heterocycles. The Morgan fingerprint density at radius 2 is 1.75 bits per heavy atom. The number of halogens is 3. The number of rotatable bonds is 6. The van der Waals surface area contributed by atoms with Gasteiger partial charge in [0.15, 0.2) is 5.65 Å². The monoisotopic (exact) mass is 485 g/mol. The Hall–Kier alpha value is -2.18. The Bertz CT molecular complexity index is 1230. The molecule has 0 aliphatic carbocycles. The van der Waals surface area contributed by atoms with Gasteiger partial charge in [-0.05, 0) is 61.7 Å². The van der Waals surface area contributed by atoms with Crippen molar-refractivity contribution in [2.45, 2.75) is 25.8 Å². The summed E-state index contributed by atoms with van der Waals surface area (Å²) in [6, 6.07) is 13.4. The van der Waals surface area contributed by atoms with Gasteiger partial charge < -0.3 is 9.88 Å². The lowest BCUT2D eigenvalue weighted by Gasteiger charge is -2.15. The lowest BCUT2D eigenvalue weighted by Crippen LogP contribution is -2.16. The maximum Gasteiger partial charge on any atom is 0.164 e. The van der Waals surface area contributed by atoms with Crippen molar-refractivity contribution >= 4 is 46.0 Å². The predicted octanol–water partition coefficient (Wildman–Crippen LogP) is 5.85. The van der Waals surface area contributed by atoms with E-state index in [1.807, 2.05) is 42.5 Å². The molecule has 4 aromatic rings.